The second-order valence-electron chi connectivity index (χ2n) is 9.19. The second-order valence-corrected chi connectivity index (χ2v) is 9.19. The molecule has 7 nitrogen and oxygen atoms in total. The van der Waals surface area contributed by atoms with Crippen LogP contribution in [0.25, 0.3) is 44.0 Å². The number of fused-ring (bicyclic) bond motifs is 4. The highest BCUT2D eigenvalue weighted by atomic mass is 16.4. The molecule has 0 fully saturated rings. The fraction of sp³-hybridized carbons (Fsp3) is 0.207. The van der Waals surface area contributed by atoms with Crippen LogP contribution in [0.4, 0.5) is 5.69 Å². The molecule has 5 rings (SSSR count). The van der Waals surface area contributed by atoms with E-state index in [4.69, 9.17) is 4.42 Å². The number of hydrogen-bond acceptors (Lipinski definition) is 4. The van der Waals surface area contributed by atoms with Gasteiger partial charge in [-0.1, -0.05) is 18.2 Å². The van der Waals surface area contributed by atoms with Crippen molar-refractivity contribution in [3.05, 3.63) is 81.9 Å². The van der Waals surface area contributed by atoms with Gasteiger partial charge in [-0.3, -0.25) is 4.79 Å². The lowest BCUT2D eigenvalue weighted by molar-refractivity contribution is 0.0697. The Morgan fingerprint density at radius 2 is 1.78 bits per heavy atom. The van der Waals surface area contributed by atoms with Crippen molar-refractivity contribution < 1.29 is 14.3 Å². The molecule has 7 heteroatoms. The molecule has 2 aromatic heterocycles. The minimum atomic E-state index is -1.05. The van der Waals surface area contributed by atoms with Crippen molar-refractivity contribution in [1.29, 1.82) is 0 Å². The Morgan fingerprint density at radius 1 is 1.06 bits per heavy atom. The van der Waals surface area contributed by atoms with Gasteiger partial charge in [0.2, 0.25) is 5.36 Å². The molecule has 2 heterocycles. The van der Waals surface area contributed by atoms with E-state index >= 15 is 0 Å². The van der Waals surface area contributed by atoms with E-state index in [2.05, 4.69) is 11.8 Å². The third kappa shape index (κ3) is 3.55. The first-order chi connectivity index (χ1) is 17.2. The average molecular weight is 483 g/mol. The van der Waals surface area contributed by atoms with E-state index in [1.54, 1.807) is 35.9 Å². The summed E-state index contributed by atoms with van der Waals surface area (Å²) in [5.41, 5.74) is 3.66. The van der Waals surface area contributed by atoms with E-state index in [0.29, 0.717) is 33.1 Å². The maximum atomic E-state index is 13.9. The van der Waals surface area contributed by atoms with Gasteiger partial charge in [0.15, 0.2) is 0 Å². The number of aromatic carboxylic acids is 1. The Hall–Kier alpha value is -4.39. The number of pyridine rings is 1. The fourth-order valence-electron chi connectivity index (χ4n) is 4.74. The molecule has 0 radical (unpaired) electrons. The van der Waals surface area contributed by atoms with E-state index in [-0.39, 0.29) is 11.1 Å². The molecule has 0 saturated heterocycles. The summed E-state index contributed by atoms with van der Waals surface area (Å²) in [4.78, 5) is 28.2. The van der Waals surface area contributed by atoms with E-state index < -0.39 is 5.97 Å². The smallest absolute Gasteiger partial charge is 0.336 e. The van der Waals surface area contributed by atoms with Crippen molar-refractivity contribution in [2.45, 2.75) is 6.92 Å². The van der Waals surface area contributed by atoms with Crippen LogP contribution in [-0.4, -0.2) is 43.3 Å². The lowest BCUT2D eigenvalue weighted by Crippen LogP contribution is -2.24. The monoisotopic (exact) mass is 482 g/mol. The van der Waals surface area contributed by atoms with E-state index in [0.717, 1.165) is 28.5 Å². The highest BCUT2D eigenvalue weighted by Gasteiger charge is 2.23. The number of nitrogens with zero attached hydrogens (tertiary/aromatic N) is 3. The molecule has 0 bridgehead atoms. The topological polar surface area (TPSA) is 78.7 Å². The molecule has 0 aliphatic carbocycles. The summed E-state index contributed by atoms with van der Waals surface area (Å²) < 4.78 is 10.1. The van der Waals surface area contributed by atoms with Crippen LogP contribution >= 0.6 is 0 Å². The Kier molecular flexibility index (Phi) is 5.63. The van der Waals surface area contributed by atoms with Crippen LogP contribution in [0.5, 0.6) is 0 Å². The Balaban J connectivity index is 2.07. The van der Waals surface area contributed by atoms with Crippen LogP contribution in [0.2, 0.25) is 0 Å². The summed E-state index contributed by atoms with van der Waals surface area (Å²) in [6.07, 6.45) is 0. The van der Waals surface area contributed by atoms with E-state index in [1.807, 2.05) is 62.1 Å². The van der Waals surface area contributed by atoms with Gasteiger partial charge in [0.25, 0.3) is 5.56 Å². The first kappa shape index (κ1) is 23.4. The number of carboxylic acid groups (broad SMARTS) is 1. The van der Waals surface area contributed by atoms with Gasteiger partial charge in [0.1, 0.15) is 25.3 Å². The number of carboxylic acids is 1. The predicted octanol–water partition coefficient (Wildman–Crippen LogP) is 4.29. The highest BCUT2D eigenvalue weighted by Crippen LogP contribution is 2.39. The normalized spacial score (nSPS) is 11.4. The van der Waals surface area contributed by atoms with Crippen molar-refractivity contribution in [1.82, 2.24) is 9.14 Å². The first-order valence-corrected chi connectivity index (χ1v) is 11.8. The van der Waals surface area contributed by atoms with Crippen molar-refractivity contribution >= 4 is 44.5 Å². The molecule has 5 aromatic rings. The maximum absolute atomic E-state index is 13.9. The summed E-state index contributed by atoms with van der Waals surface area (Å²) in [6, 6.07) is 18.5. The van der Waals surface area contributed by atoms with Gasteiger partial charge < -0.3 is 19.0 Å². The maximum Gasteiger partial charge on any atom is 0.336 e. The molecule has 0 amide bonds. The lowest BCUT2D eigenvalue weighted by Gasteiger charge is -2.19. The van der Waals surface area contributed by atoms with Gasteiger partial charge in [-0.25, -0.2) is 9.37 Å². The predicted molar refractivity (Wildman–Crippen MR) is 145 cm³/mol. The van der Waals surface area contributed by atoms with Crippen molar-refractivity contribution in [3.63, 3.8) is 0 Å². The zero-order chi connectivity index (χ0) is 25.7. The second kappa shape index (κ2) is 8.68. The third-order valence-electron chi connectivity index (χ3n) is 6.89. The molecule has 0 unspecified atom stereocenters. The molecule has 36 heavy (non-hydrogen) atoms. The molecule has 0 aliphatic heterocycles. The van der Waals surface area contributed by atoms with Gasteiger partial charge in [-0.2, -0.15) is 0 Å². The number of aryl methyl sites for hydroxylation is 1. The summed E-state index contributed by atoms with van der Waals surface area (Å²) >= 11 is 0. The fourth-order valence-corrected chi connectivity index (χ4v) is 4.74. The minimum Gasteiger partial charge on any atom is -0.478 e. The van der Waals surface area contributed by atoms with Crippen LogP contribution in [0.3, 0.4) is 0 Å². The molecule has 0 aliphatic rings. The zero-order valence-electron chi connectivity index (χ0n) is 21.0. The molecule has 0 spiro atoms. The van der Waals surface area contributed by atoms with Crippen molar-refractivity contribution in [2.75, 3.05) is 32.6 Å². The molecule has 1 N–H and O–H groups in total. The van der Waals surface area contributed by atoms with Crippen LogP contribution in [0, 0.1) is 0 Å². The van der Waals surface area contributed by atoms with Gasteiger partial charge in [0.05, 0.1) is 16.5 Å². The van der Waals surface area contributed by atoms with Crippen molar-refractivity contribution in [2.24, 2.45) is 7.05 Å². The number of carbonyl (C=O) groups is 1. The summed E-state index contributed by atoms with van der Waals surface area (Å²) in [5, 5.41) is 12.8. The summed E-state index contributed by atoms with van der Waals surface area (Å²) in [5.74, 6) is -1.05. The van der Waals surface area contributed by atoms with Crippen molar-refractivity contribution in [3.8, 4) is 11.1 Å². The largest absolute Gasteiger partial charge is 0.478 e. The summed E-state index contributed by atoms with van der Waals surface area (Å²) in [7, 11) is 7.63. The SMILES string of the molecule is CCN(C)c1ccc2c(-c3ccccc3C(=O)O)c3c(=O)n(C)c4cc(=[N+](C)C)ccc4c3oc2c1. The van der Waals surface area contributed by atoms with Gasteiger partial charge >= 0.3 is 5.97 Å². The zero-order valence-corrected chi connectivity index (χ0v) is 21.0. The Labute approximate surface area is 207 Å². The van der Waals surface area contributed by atoms with E-state index in [9.17, 15) is 14.7 Å². The molecule has 3 aromatic carbocycles. The number of benzene rings is 3. The van der Waals surface area contributed by atoms with Gasteiger partial charge in [0, 0.05) is 60.9 Å². The molecule has 182 valence electrons. The lowest BCUT2D eigenvalue weighted by atomic mass is 9.93. The summed E-state index contributed by atoms with van der Waals surface area (Å²) in [6.45, 7) is 2.88. The van der Waals surface area contributed by atoms with Gasteiger partial charge in [-0.15, -0.1) is 0 Å². The van der Waals surface area contributed by atoms with Crippen LogP contribution in [0.1, 0.15) is 17.3 Å². The number of aromatic nitrogens is 1. The molecule has 0 atom stereocenters. The quantitative estimate of drug-likeness (QED) is 0.235. The van der Waals surface area contributed by atoms with Crippen LogP contribution in [-0.2, 0) is 7.05 Å². The Morgan fingerprint density at radius 3 is 2.47 bits per heavy atom. The standard InChI is InChI=1S/C29H27N3O4/c1-6-31(4)18-12-14-22-24(16-18)36-27-21-13-11-17(30(2)3)15-23(21)32(5)28(33)26(27)25(22)19-9-7-8-10-20(19)29(34)35/h7-16H,6H2,1-5H3/p+1. The van der Waals surface area contributed by atoms with Crippen LogP contribution < -0.4 is 20.4 Å². The first-order valence-electron chi connectivity index (χ1n) is 11.8. The number of anilines is 1. The number of rotatable bonds is 4. The minimum absolute atomic E-state index is 0.131. The van der Waals surface area contributed by atoms with Crippen LogP contribution in [0.15, 0.2) is 69.9 Å². The number of hydrogen-bond donors (Lipinski definition) is 1. The third-order valence-corrected chi connectivity index (χ3v) is 6.89. The highest BCUT2D eigenvalue weighted by molar-refractivity contribution is 6.16. The molecular formula is C29H28N3O4+. The average Bonchev–Trinajstić information content (AvgIpc) is 2.89. The molecule has 0 saturated carbocycles. The Bertz CT molecular complexity index is 1830. The van der Waals surface area contributed by atoms with Gasteiger partial charge in [-0.05, 0) is 36.8 Å². The molecular weight excluding hydrogens is 454 g/mol. The van der Waals surface area contributed by atoms with E-state index in [1.165, 1.54) is 0 Å².